The van der Waals surface area contributed by atoms with Crippen LogP contribution in [0.1, 0.15) is 26.2 Å². The fourth-order valence-electron chi connectivity index (χ4n) is 2.55. The van der Waals surface area contributed by atoms with Crippen LogP contribution >= 0.6 is 0 Å². The van der Waals surface area contributed by atoms with E-state index in [-0.39, 0.29) is 5.41 Å². The molecule has 1 saturated heterocycles. The predicted octanol–water partition coefficient (Wildman–Crippen LogP) is 1.37. The van der Waals surface area contributed by atoms with Gasteiger partial charge in [0, 0.05) is 32.1 Å². The molecule has 4 nitrogen and oxygen atoms in total. The van der Waals surface area contributed by atoms with Crippen LogP contribution in [0.2, 0.25) is 0 Å². The number of hydrogen-bond acceptors (Lipinski definition) is 3. The summed E-state index contributed by atoms with van der Waals surface area (Å²) in [5, 5.41) is 9.48. The summed E-state index contributed by atoms with van der Waals surface area (Å²) in [7, 11) is 0. The molecule has 1 N–H and O–H groups in total. The van der Waals surface area contributed by atoms with E-state index < -0.39 is 0 Å². The molecule has 1 aromatic rings. The second kappa shape index (κ2) is 5.65. The number of imidazole rings is 1. The first kappa shape index (κ1) is 12.6. The smallest absolute Gasteiger partial charge is 0.0946 e. The Hall–Kier alpha value is -0.870. The number of piperidine rings is 1. The highest BCUT2D eigenvalue weighted by molar-refractivity contribution is 4.84. The van der Waals surface area contributed by atoms with Gasteiger partial charge >= 0.3 is 0 Å². The number of aromatic nitrogens is 2. The summed E-state index contributed by atoms with van der Waals surface area (Å²) < 4.78 is 2.12. The Bertz CT molecular complexity index is 309. The van der Waals surface area contributed by atoms with Gasteiger partial charge in [0.25, 0.3) is 0 Å². The SMILES string of the molecule is CCC1(CO)CCN(CCn2ccnc2)CC1. The van der Waals surface area contributed by atoms with Crippen molar-refractivity contribution in [1.82, 2.24) is 14.5 Å². The van der Waals surface area contributed by atoms with E-state index in [2.05, 4.69) is 21.4 Å². The van der Waals surface area contributed by atoms with Gasteiger partial charge in [-0.15, -0.1) is 0 Å². The highest BCUT2D eigenvalue weighted by Gasteiger charge is 2.31. The van der Waals surface area contributed by atoms with E-state index in [4.69, 9.17) is 0 Å². The van der Waals surface area contributed by atoms with Crippen LogP contribution < -0.4 is 0 Å². The Morgan fingerprint density at radius 1 is 1.29 bits per heavy atom. The van der Waals surface area contributed by atoms with E-state index in [1.54, 1.807) is 0 Å². The van der Waals surface area contributed by atoms with Gasteiger partial charge in [-0.2, -0.15) is 0 Å². The van der Waals surface area contributed by atoms with Crippen molar-refractivity contribution >= 4 is 0 Å². The molecule has 0 radical (unpaired) electrons. The molecule has 2 rings (SSSR count). The maximum atomic E-state index is 9.48. The van der Waals surface area contributed by atoms with Crippen LogP contribution in [0.4, 0.5) is 0 Å². The van der Waals surface area contributed by atoms with Crippen LogP contribution in [0.3, 0.4) is 0 Å². The molecule has 0 bridgehead atoms. The molecule has 0 unspecified atom stereocenters. The highest BCUT2D eigenvalue weighted by atomic mass is 16.3. The van der Waals surface area contributed by atoms with Gasteiger partial charge in [-0.25, -0.2) is 4.98 Å². The van der Waals surface area contributed by atoms with Crippen molar-refractivity contribution < 1.29 is 5.11 Å². The third-order valence-corrected chi connectivity index (χ3v) is 4.24. The van der Waals surface area contributed by atoms with E-state index in [1.165, 1.54) is 0 Å². The normalized spacial score (nSPS) is 20.6. The van der Waals surface area contributed by atoms with Crippen LogP contribution in [-0.2, 0) is 6.54 Å². The van der Waals surface area contributed by atoms with Crippen molar-refractivity contribution in [2.75, 3.05) is 26.2 Å². The minimum absolute atomic E-state index is 0.200. The summed E-state index contributed by atoms with van der Waals surface area (Å²) in [6.45, 7) is 6.86. The molecule has 0 aliphatic carbocycles. The van der Waals surface area contributed by atoms with Crippen LogP contribution in [-0.4, -0.2) is 45.8 Å². The monoisotopic (exact) mass is 237 g/mol. The molecule has 0 aromatic carbocycles. The van der Waals surface area contributed by atoms with E-state index >= 15 is 0 Å². The van der Waals surface area contributed by atoms with E-state index in [0.29, 0.717) is 6.61 Å². The van der Waals surface area contributed by atoms with E-state index in [1.807, 2.05) is 18.7 Å². The van der Waals surface area contributed by atoms with Gasteiger partial charge in [-0.3, -0.25) is 0 Å². The van der Waals surface area contributed by atoms with Crippen molar-refractivity contribution in [1.29, 1.82) is 0 Å². The zero-order valence-corrected chi connectivity index (χ0v) is 10.7. The molecule has 1 aromatic heterocycles. The number of nitrogens with zero attached hydrogens (tertiary/aromatic N) is 3. The quantitative estimate of drug-likeness (QED) is 0.841. The third-order valence-electron chi connectivity index (χ3n) is 4.24. The molecule has 96 valence electrons. The lowest BCUT2D eigenvalue weighted by atomic mass is 9.77. The average molecular weight is 237 g/mol. The molecule has 1 aliphatic rings. The Labute approximate surface area is 103 Å². The van der Waals surface area contributed by atoms with Gasteiger partial charge in [-0.1, -0.05) is 6.92 Å². The maximum absolute atomic E-state index is 9.48. The minimum Gasteiger partial charge on any atom is -0.396 e. The molecule has 0 atom stereocenters. The van der Waals surface area contributed by atoms with Gasteiger partial charge < -0.3 is 14.6 Å². The number of likely N-dealkylation sites (tertiary alicyclic amines) is 1. The Morgan fingerprint density at radius 3 is 2.59 bits per heavy atom. The first-order valence-corrected chi connectivity index (χ1v) is 6.57. The molecule has 0 spiro atoms. The van der Waals surface area contributed by atoms with Crippen molar-refractivity contribution in [3.63, 3.8) is 0 Å². The molecule has 2 heterocycles. The fourth-order valence-corrected chi connectivity index (χ4v) is 2.55. The van der Waals surface area contributed by atoms with E-state index in [9.17, 15) is 5.11 Å². The molecule has 0 amide bonds. The van der Waals surface area contributed by atoms with Crippen molar-refractivity contribution in [2.45, 2.75) is 32.7 Å². The van der Waals surface area contributed by atoms with Gasteiger partial charge in [0.1, 0.15) is 0 Å². The third kappa shape index (κ3) is 3.07. The predicted molar refractivity (Wildman–Crippen MR) is 67.7 cm³/mol. The molecule has 0 saturated carbocycles. The standard InChI is InChI=1S/C13H23N3O/c1-2-13(11-17)3-6-15(7-4-13)9-10-16-8-5-14-12-16/h5,8,12,17H,2-4,6-7,9-11H2,1H3. The van der Waals surface area contributed by atoms with Gasteiger partial charge in [0.15, 0.2) is 0 Å². The van der Waals surface area contributed by atoms with Crippen LogP contribution in [0, 0.1) is 5.41 Å². The summed E-state index contributed by atoms with van der Waals surface area (Å²) in [4.78, 5) is 6.54. The lowest BCUT2D eigenvalue weighted by Gasteiger charge is -2.40. The van der Waals surface area contributed by atoms with Gasteiger partial charge in [-0.05, 0) is 37.8 Å². The topological polar surface area (TPSA) is 41.3 Å². The molecular weight excluding hydrogens is 214 g/mol. The van der Waals surface area contributed by atoms with Crippen molar-refractivity contribution in [2.24, 2.45) is 5.41 Å². The van der Waals surface area contributed by atoms with Crippen LogP contribution in [0.5, 0.6) is 0 Å². The zero-order chi connectivity index (χ0) is 12.1. The van der Waals surface area contributed by atoms with Crippen LogP contribution in [0.15, 0.2) is 18.7 Å². The summed E-state index contributed by atoms with van der Waals surface area (Å²) >= 11 is 0. The van der Waals surface area contributed by atoms with Crippen molar-refractivity contribution in [3.8, 4) is 0 Å². The van der Waals surface area contributed by atoms with E-state index in [0.717, 1.165) is 45.4 Å². The minimum atomic E-state index is 0.200. The first-order chi connectivity index (χ1) is 8.28. The van der Waals surface area contributed by atoms with Gasteiger partial charge in [0.2, 0.25) is 0 Å². The fraction of sp³-hybridized carbons (Fsp3) is 0.769. The lowest BCUT2D eigenvalue weighted by Crippen LogP contribution is -2.42. The Kier molecular flexibility index (Phi) is 4.18. The number of rotatable bonds is 5. The highest BCUT2D eigenvalue weighted by Crippen LogP contribution is 2.33. The molecule has 4 heteroatoms. The summed E-state index contributed by atoms with van der Waals surface area (Å²) in [6, 6.07) is 0. The molecule has 1 fully saturated rings. The first-order valence-electron chi connectivity index (χ1n) is 6.57. The molecule has 17 heavy (non-hydrogen) atoms. The summed E-state index contributed by atoms with van der Waals surface area (Å²) in [6.07, 6.45) is 9.05. The largest absolute Gasteiger partial charge is 0.396 e. The number of hydrogen-bond donors (Lipinski definition) is 1. The second-order valence-electron chi connectivity index (χ2n) is 5.15. The Morgan fingerprint density at radius 2 is 2.06 bits per heavy atom. The average Bonchev–Trinajstić information content (AvgIpc) is 2.90. The van der Waals surface area contributed by atoms with Crippen molar-refractivity contribution in [3.05, 3.63) is 18.7 Å². The molecular formula is C13H23N3O. The number of aliphatic hydroxyl groups is 1. The lowest BCUT2D eigenvalue weighted by molar-refractivity contribution is 0.0399. The summed E-state index contributed by atoms with van der Waals surface area (Å²) in [5.41, 5.74) is 0.200. The molecule has 1 aliphatic heterocycles. The maximum Gasteiger partial charge on any atom is 0.0946 e. The zero-order valence-electron chi connectivity index (χ0n) is 10.7. The van der Waals surface area contributed by atoms with Crippen LogP contribution in [0.25, 0.3) is 0 Å². The van der Waals surface area contributed by atoms with Gasteiger partial charge in [0.05, 0.1) is 6.33 Å². The number of aliphatic hydroxyl groups excluding tert-OH is 1. The summed E-state index contributed by atoms with van der Waals surface area (Å²) in [5.74, 6) is 0. The second-order valence-corrected chi connectivity index (χ2v) is 5.15. The Balaban J connectivity index is 1.75.